The third-order valence-corrected chi connectivity index (χ3v) is 9.15. The minimum atomic E-state index is -0.944. The Kier molecular flexibility index (Phi) is 11.7. The number of hydrogen-bond donors (Lipinski definition) is 0. The molecule has 6 amide bonds. The van der Waals surface area contributed by atoms with E-state index in [-0.39, 0.29) is 64.4 Å². The molecule has 0 spiro atoms. The summed E-state index contributed by atoms with van der Waals surface area (Å²) in [6.45, 7) is 5.44. The molecule has 2 atom stereocenters. The van der Waals surface area contributed by atoms with Crippen molar-refractivity contribution in [1.82, 2.24) is 19.6 Å². The first-order chi connectivity index (χ1) is 23.3. The average Bonchev–Trinajstić information content (AvgIpc) is 3.49. The van der Waals surface area contributed by atoms with Crippen molar-refractivity contribution in [1.29, 1.82) is 0 Å². The lowest BCUT2D eigenvalue weighted by molar-refractivity contribution is -0.139. The molecule has 2 aromatic rings. The Morgan fingerprint density at radius 2 is 0.854 bits per heavy atom. The van der Waals surface area contributed by atoms with Crippen molar-refractivity contribution in [2.45, 2.75) is 64.5 Å². The molecule has 1 fully saturated rings. The lowest BCUT2D eigenvalue weighted by atomic mass is 10.1. The van der Waals surface area contributed by atoms with E-state index in [0.717, 1.165) is 22.6 Å². The van der Waals surface area contributed by atoms with Crippen LogP contribution in [0.1, 0.15) is 93.8 Å². The summed E-state index contributed by atoms with van der Waals surface area (Å²) >= 11 is 0. The standard InChI is InChI=1S/C36H44N4O8/c1-3-5-15-29(39-31(41)25-11-7-8-12-26(25)32(39)42)35(45)37-17-21-47-23-19-38(20-24-48-22-18-37)36(46)30(16-6-4-2)40-33(43)27-13-9-10-14-28(27)34(40)44/h7-14,29-30H,3-6,15-24H2,1-2H3/t29-,30-/m1/s1. The third kappa shape index (κ3) is 7.19. The lowest BCUT2D eigenvalue weighted by Crippen LogP contribution is -2.53. The number of carbonyl (C=O) groups excluding carboxylic acids is 6. The van der Waals surface area contributed by atoms with Gasteiger partial charge in [-0.1, -0.05) is 63.8 Å². The van der Waals surface area contributed by atoms with Gasteiger partial charge in [0, 0.05) is 26.2 Å². The highest BCUT2D eigenvalue weighted by atomic mass is 16.5. The van der Waals surface area contributed by atoms with Crippen LogP contribution in [-0.2, 0) is 19.1 Å². The molecule has 256 valence electrons. The predicted octanol–water partition coefficient (Wildman–Crippen LogP) is 3.40. The molecule has 3 aliphatic heterocycles. The first-order valence-corrected chi connectivity index (χ1v) is 17.0. The van der Waals surface area contributed by atoms with E-state index in [1.807, 2.05) is 13.8 Å². The quantitative estimate of drug-likeness (QED) is 0.354. The Labute approximate surface area is 280 Å². The summed E-state index contributed by atoms with van der Waals surface area (Å²) in [4.78, 5) is 86.5. The first-order valence-electron chi connectivity index (χ1n) is 17.0. The van der Waals surface area contributed by atoms with Crippen LogP contribution in [0.2, 0.25) is 0 Å². The van der Waals surface area contributed by atoms with E-state index in [1.165, 1.54) is 0 Å². The van der Waals surface area contributed by atoms with Crippen molar-refractivity contribution < 1.29 is 38.2 Å². The maximum atomic E-state index is 14.0. The molecule has 12 nitrogen and oxygen atoms in total. The van der Waals surface area contributed by atoms with Gasteiger partial charge >= 0.3 is 0 Å². The van der Waals surface area contributed by atoms with Gasteiger partial charge in [-0.3, -0.25) is 38.6 Å². The second-order valence-electron chi connectivity index (χ2n) is 12.2. The zero-order valence-corrected chi connectivity index (χ0v) is 27.7. The molecule has 2 aromatic carbocycles. The van der Waals surface area contributed by atoms with Crippen LogP contribution in [0.4, 0.5) is 0 Å². The summed E-state index contributed by atoms with van der Waals surface area (Å²) in [5, 5.41) is 0. The summed E-state index contributed by atoms with van der Waals surface area (Å²) in [5.74, 6) is -2.52. The number of carbonyl (C=O) groups is 6. The molecule has 3 aliphatic rings. The Hall–Kier alpha value is -4.42. The number of amides is 6. The Balaban J connectivity index is 1.24. The summed E-state index contributed by atoms with van der Waals surface area (Å²) < 4.78 is 11.8. The number of nitrogens with zero attached hydrogens (tertiary/aromatic N) is 4. The van der Waals surface area contributed by atoms with Crippen LogP contribution in [0.5, 0.6) is 0 Å². The number of ether oxygens (including phenoxy) is 2. The summed E-state index contributed by atoms with van der Waals surface area (Å²) in [5.41, 5.74) is 1.21. The van der Waals surface area contributed by atoms with Crippen molar-refractivity contribution >= 4 is 35.4 Å². The first kappa shape index (κ1) is 34.9. The van der Waals surface area contributed by atoms with Gasteiger partial charge < -0.3 is 19.3 Å². The van der Waals surface area contributed by atoms with Crippen LogP contribution in [0.25, 0.3) is 0 Å². The molecule has 3 heterocycles. The van der Waals surface area contributed by atoms with E-state index in [2.05, 4.69) is 0 Å². The maximum Gasteiger partial charge on any atom is 0.262 e. The second kappa shape index (κ2) is 16.1. The van der Waals surface area contributed by atoms with E-state index < -0.39 is 35.7 Å². The van der Waals surface area contributed by atoms with Crippen LogP contribution in [-0.4, -0.2) is 120 Å². The van der Waals surface area contributed by atoms with Gasteiger partial charge in [0.1, 0.15) is 12.1 Å². The Morgan fingerprint density at radius 3 is 1.12 bits per heavy atom. The largest absolute Gasteiger partial charge is 0.378 e. The molecule has 12 heteroatoms. The van der Waals surface area contributed by atoms with E-state index in [4.69, 9.17) is 9.47 Å². The van der Waals surface area contributed by atoms with Gasteiger partial charge in [-0.25, -0.2) is 0 Å². The molecule has 5 rings (SSSR count). The number of benzene rings is 2. The maximum absolute atomic E-state index is 14.0. The topological polar surface area (TPSA) is 134 Å². The number of hydrogen-bond acceptors (Lipinski definition) is 8. The summed E-state index contributed by atoms with van der Waals surface area (Å²) in [6, 6.07) is 11.3. The second-order valence-corrected chi connectivity index (χ2v) is 12.2. The third-order valence-electron chi connectivity index (χ3n) is 9.15. The molecule has 0 saturated carbocycles. The zero-order valence-electron chi connectivity index (χ0n) is 27.7. The number of fused-ring (bicyclic) bond motifs is 2. The Morgan fingerprint density at radius 1 is 0.562 bits per heavy atom. The molecule has 48 heavy (non-hydrogen) atoms. The van der Waals surface area contributed by atoms with Crippen LogP contribution < -0.4 is 0 Å². The van der Waals surface area contributed by atoms with Crippen molar-refractivity contribution in [3.63, 3.8) is 0 Å². The minimum absolute atomic E-state index is 0.161. The highest BCUT2D eigenvalue weighted by molar-refractivity contribution is 6.23. The fourth-order valence-electron chi connectivity index (χ4n) is 6.49. The van der Waals surface area contributed by atoms with Crippen molar-refractivity contribution in [2.24, 2.45) is 0 Å². The van der Waals surface area contributed by atoms with Gasteiger partial charge in [0.2, 0.25) is 11.8 Å². The monoisotopic (exact) mass is 660 g/mol. The molecular formula is C36H44N4O8. The fourth-order valence-corrected chi connectivity index (χ4v) is 6.49. The molecule has 0 aliphatic carbocycles. The molecule has 0 unspecified atom stereocenters. The van der Waals surface area contributed by atoms with Gasteiger partial charge in [-0.2, -0.15) is 0 Å². The molecule has 0 aromatic heterocycles. The van der Waals surface area contributed by atoms with Crippen molar-refractivity contribution in [3.8, 4) is 0 Å². The lowest BCUT2D eigenvalue weighted by Gasteiger charge is -2.33. The van der Waals surface area contributed by atoms with Crippen LogP contribution >= 0.6 is 0 Å². The Bertz CT molecular complexity index is 1350. The SMILES string of the molecule is CCCC[C@H](C(=O)N1CCOCCN(C(=O)[C@@H](CCCC)N2C(=O)c3ccccc3C2=O)CCOCC1)N1C(=O)c2ccccc2C1=O. The molecule has 0 radical (unpaired) electrons. The van der Waals surface area contributed by atoms with Crippen molar-refractivity contribution in [3.05, 3.63) is 70.8 Å². The van der Waals surface area contributed by atoms with Crippen molar-refractivity contribution in [2.75, 3.05) is 52.6 Å². The fraction of sp³-hybridized carbons (Fsp3) is 0.500. The number of unbranched alkanes of at least 4 members (excludes halogenated alkanes) is 2. The average molecular weight is 661 g/mol. The van der Waals surface area contributed by atoms with E-state index >= 15 is 0 Å². The highest BCUT2D eigenvalue weighted by Gasteiger charge is 2.45. The van der Waals surface area contributed by atoms with Crippen LogP contribution in [0, 0.1) is 0 Å². The van der Waals surface area contributed by atoms with Gasteiger partial charge in [0.25, 0.3) is 23.6 Å². The van der Waals surface area contributed by atoms with Gasteiger partial charge in [0.15, 0.2) is 0 Å². The van der Waals surface area contributed by atoms with Crippen LogP contribution in [0.15, 0.2) is 48.5 Å². The zero-order chi connectivity index (χ0) is 34.2. The molecule has 1 saturated heterocycles. The predicted molar refractivity (Wildman–Crippen MR) is 175 cm³/mol. The number of rotatable bonds is 10. The highest BCUT2D eigenvalue weighted by Crippen LogP contribution is 2.29. The van der Waals surface area contributed by atoms with Gasteiger partial charge in [-0.05, 0) is 37.1 Å². The smallest absolute Gasteiger partial charge is 0.262 e. The summed E-state index contributed by atoms with van der Waals surface area (Å²) in [6.07, 6.45) is 3.61. The minimum Gasteiger partial charge on any atom is -0.378 e. The van der Waals surface area contributed by atoms with E-state index in [9.17, 15) is 28.8 Å². The molecule has 0 N–H and O–H groups in total. The normalized spacial score (nSPS) is 18.7. The number of imide groups is 2. The van der Waals surface area contributed by atoms with Gasteiger partial charge in [0.05, 0.1) is 48.7 Å². The molecule has 0 bridgehead atoms. The van der Waals surface area contributed by atoms with E-state index in [0.29, 0.717) is 47.9 Å². The van der Waals surface area contributed by atoms with E-state index in [1.54, 1.807) is 58.3 Å². The van der Waals surface area contributed by atoms with Crippen LogP contribution in [0.3, 0.4) is 0 Å². The summed E-state index contributed by atoms with van der Waals surface area (Å²) in [7, 11) is 0. The van der Waals surface area contributed by atoms with Gasteiger partial charge in [-0.15, -0.1) is 0 Å². The molecular weight excluding hydrogens is 616 g/mol.